The summed E-state index contributed by atoms with van der Waals surface area (Å²) in [4.78, 5) is 4.45. The van der Waals surface area contributed by atoms with Gasteiger partial charge in [-0.3, -0.25) is 4.98 Å². The fourth-order valence-corrected chi connectivity index (χ4v) is 3.85. The Morgan fingerprint density at radius 3 is 2.12 bits per heavy atom. The summed E-state index contributed by atoms with van der Waals surface area (Å²) >= 11 is 9.17. The van der Waals surface area contributed by atoms with Crippen molar-refractivity contribution in [1.29, 1.82) is 0 Å². The first-order chi connectivity index (χ1) is 16.0. The van der Waals surface area contributed by atoms with Crippen LogP contribution >= 0.6 is 28.1 Å². The van der Waals surface area contributed by atoms with Crippen molar-refractivity contribution in [1.82, 2.24) is 4.98 Å². The van der Waals surface area contributed by atoms with Crippen LogP contribution in [-0.2, 0) is 0 Å². The Hall–Kier alpha value is -3.55. The number of halogens is 1. The zero-order valence-electron chi connectivity index (χ0n) is 17.8. The minimum atomic E-state index is 0.0499. The van der Waals surface area contributed by atoms with Crippen LogP contribution in [0, 0.1) is 0 Å². The van der Waals surface area contributed by atoms with Crippen LogP contribution in [0.15, 0.2) is 102 Å². The molecule has 0 aliphatic rings. The minimum absolute atomic E-state index is 0.0499. The summed E-state index contributed by atoms with van der Waals surface area (Å²) in [5.74, 6) is 0.756. The lowest BCUT2D eigenvalue weighted by Gasteiger charge is -2.11. The standard InChI is InChI=1S/C26H20BrN3O2S/c1-32-23-8-2-20(3-9-23)25(31)24(26(33)29-22-6-4-21(27)5-7-22)30-16-12-19(13-17-30)18-10-14-28-15-11-18/h2-17H,1H3,(H-,28,29,31,33)/p+1. The van der Waals surface area contributed by atoms with Gasteiger partial charge in [-0.15, -0.1) is 0 Å². The van der Waals surface area contributed by atoms with E-state index in [2.05, 4.69) is 26.2 Å². The molecular formula is C26H21BrN3O2S+. The fourth-order valence-electron chi connectivity index (χ4n) is 3.27. The quantitative estimate of drug-likeness (QED) is 0.139. The number of nitrogens with zero attached hydrogens (tertiary/aromatic N) is 2. The summed E-state index contributed by atoms with van der Waals surface area (Å²) in [6, 6.07) is 22.7. The highest BCUT2D eigenvalue weighted by Gasteiger charge is 2.24. The maximum absolute atomic E-state index is 11.3. The van der Waals surface area contributed by atoms with E-state index < -0.39 is 0 Å². The Labute approximate surface area is 206 Å². The van der Waals surface area contributed by atoms with E-state index in [4.69, 9.17) is 17.0 Å². The second kappa shape index (κ2) is 10.4. The van der Waals surface area contributed by atoms with Gasteiger partial charge in [0.1, 0.15) is 5.75 Å². The lowest BCUT2D eigenvalue weighted by atomic mass is 10.1. The predicted molar refractivity (Wildman–Crippen MR) is 139 cm³/mol. The molecule has 5 nitrogen and oxygen atoms in total. The topological polar surface area (TPSA) is 58.3 Å². The molecule has 33 heavy (non-hydrogen) atoms. The zero-order chi connectivity index (χ0) is 23.2. The van der Waals surface area contributed by atoms with Gasteiger partial charge in [-0.25, -0.2) is 0 Å². The smallest absolute Gasteiger partial charge is 0.288 e. The van der Waals surface area contributed by atoms with Crippen LogP contribution < -0.4 is 14.6 Å². The Kier molecular flexibility index (Phi) is 7.12. The molecule has 2 aromatic heterocycles. The summed E-state index contributed by atoms with van der Waals surface area (Å²) in [6.45, 7) is 0. The number of hydrogen-bond acceptors (Lipinski definition) is 4. The number of thiocarbonyl (C=S) groups is 1. The van der Waals surface area contributed by atoms with Crippen molar-refractivity contribution >= 4 is 50.3 Å². The average Bonchev–Trinajstić information content (AvgIpc) is 2.86. The largest absolute Gasteiger partial charge is 0.502 e. The van der Waals surface area contributed by atoms with Crippen molar-refractivity contribution in [2.75, 3.05) is 12.4 Å². The lowest BCUT2D eigenvalue weighted by Crippen LogP contribution is -2.38. The maximum atomic E-state index is 11.3. The zero-order valence-corrected chi connectivity index (χ0v) is 20.2. The molecule has 4 aromatic rings. The monoisotopic (exact) mass is 518 g/mol. The molecule has 0 unspecified atom stereocenters. The third-order valence-electron chi connectivity index (χ3n) is 5.01. The molecule has 0 saturated carbocycles. The van der Waals surface area contributed by atoms with Crippen LogP contribution in [0.4, 0.5) is 5.69 Å². The molecule has 0 aliphatic heterocycles. The Bertz CT molecular complexity index is 1270. The predicted octanol–water partition coefficient (Wildman–Crippen LogP) is 6.13. The van der Waals surface area contributed by atoms with Crippen molar-refractivity contribution in [3.63, 3.8) is 0 Å². The molecule has 0 fully saturated rings. The van der Waals surface area contributed by atoms with E-state index in [1.807, 2.05) is 60.9 Å². The molecule has 0 atom stereocenters. The van der Waals surface area contributed by atoms with Gasteiger partial charge in [0.25, 0.3) is 5.70 Å². The van der Waals surface area contributed by atoms with Gasteiger partial charge in [-0.05, 0) is 71.8 Å². The van der Waals surface area contributed by atoms with Gasteiger partial charge in [0.15, 0.2) is 23.1 Å². The van der Waals surface area contributed by atoms with Crippen molar-refractivity contribution in [2.24, 2.45) is 0 Å². The van der Waals surface area contributed by atoms with E-state index in [9.17, 15) is 5.11 Å². The van der Waals surface area contributed by atoms with Crippen molar-refractivity contribution in [3.05, 3.63) is 108 Å². The Morgan fingerprint density at radius 1 is 0.909 bits per heavy atom. The Morgan fingerprint density at radius 2 is 1.52 bits per heavy atom. The number of nitrogens with one attached hydrogen (secondary N) is 1. The number of hydrogen-bond donors (Lipinski definition) is 2. The molecule has 2 N–H and O–H groups in total. The van der Waals surface area contributed by atoms with Gasteiger partial charge in [0.2, 0.25) is 0 Å². The van der Waals surface area contributed by atoms with E-state index in [0.29, 0.717) is 22.0 Å². The van der Waals surface area contributed by atoms with Crippen LogP contribution in [0.3, 0.4) is 0 Å². The van der Waals surface area contributed by atoms with E-state index in [1.165, 1.54) is 0 Å². The number of aromatic nitrogens is 2. The minimum Gasteiger partial charge on any atom is -0.502 e. The molecule has 0 spiro atoms. The van der Waals surface area contributed by atoms with Gasteiger partial charge in [-0.1, -0.05) is 28.1 Å². The number of anilines is 1. The van der Waals surface area contributed by atoms with E-state index in [1.54, 1.807) is 48.3 Å². The molecule has 7 heteroatoms. The van der Waals surface area contributed by atoms with Crippen molar-refractivity contribution in [2.45, 2.75) is 0 Å². The fraction of sp³-hybridized carbons (Fsp3) is 0.0385. The normalized spacial score (nSPS) is 11.5. The van der Waals surface area contributed by atoms with Crippen LogP contribution in [0.2, 0.25) is 0 Å². The molecule has 164 valence electrons. The van der Waals surface area contributed by atoms with E-state index >= 15 is 0 Å². The summed E-state index contributed by atoms with van der Waals surface area (Å²) in [5.41, 5.74) is 3.98. The number of aliphatic hydroxyl groups excluding tert-OH is 1. The molecule has 0 amide bonds. The average molecular weight is 519 g/mol. The van der Waals surface area contributed by atoms with Gasteiger partial charge >= 0.3 is 0 Å². The third-order valence-corrected chi connectivity index (χ3v) is 5.83. The number of rotatable bonds is 6. The number of pyridine rings is 2. The first kappa shape index (κ1) is 22.6. The van der Waals surface area contributed by atoms with Crippen LogP contribution in [0.1, 0.15) is 5.56 Å². The highest BCUT2D eigenvalue weighted by molar-refractivity contribution is 9.10. The highest BCUT2D eigenvalue weighted by atomic mass is 79.9. The number of benzene rings is 2. The second-order valence-corrected chi connectivity index (χ2v) is 8.44. The SMILES string of the molecule is COc1ccc(/C(O)=C(/C(=S)Nc2ccc(Br)cc2)[n+]2ccc(-c3ccncc3)cc2)cc1. The van der Waals surface area contributed by atoms with E-state index in [0.717, 1.165) is 21.3 Å². The van der Waals surface area contributed by atoms with Crippen LogP contribution in [0.25, 0.3) is 22.6 Å². The third kappa shape index (κ3) is 5.45. The van der Waals surface area contributed by atoms with Gasteiger partial charge in [0.05, 0.1) is 7.11 Å². The summed E-state index contributed by atoms with van der Waals surface area (Å²) in [6.07, 6.45) is 7.27. The maximum Gasteiger partial charge on any atom is 0.288 e. The van der Waals surface area contributed by atoms with Gasteiger partial charge in [0, 0.05) is 40.2 Å². The summed E-state index contributed by atoms with van der Waals surface area (Å²) in [5, 5.41) is 14.5. The molecular weight excluding hydrogens is 498 g/mol. The highest BCUT2D eigenvalue weighted by Crippen LogP contribution is 2.23. The molecule has 0 radical (unpaired) electrons. The summed E-state index contributed by atoms with van der Waals surface area (Å²) < 4.78 is 8.01. The van der Waals surface area contributed by atoms with Gasteiger partial charge < -0.3 is 15.2 Å². The first-order valence-electron chi connectivity index (χ1n) is 10.1. The van der Waals surface area contributed by atoms with Gasteiger partial charge in [-0.2, -0.15) is 4.57 Å². The molecule has 0 bridgehead atoms. The molecule has 4 rings (SSSR count). The second-order valence-electron chi connectivity index (χ2n) is 7.12. The number of aliphatic hydroxyl groups is 1. The van der Waals surface area contributed by atoms with Crippen molar-refractivity contribution < 1.29 is 14.4 Å². The Balaban J connectivity index is 1.74. The lowest BCUT2D eigenvalue weighted by molar-refractivity contribution is -0.575. The van der Waals surface area contributed by atoms with Crippen LogP contribution in [-0.4, -0.2) is 22.2 Å². The van der Waals surface area contributed by atoms with Crippen LogP contribution in [0.5, 0.6) is 5.75 Å². The molecule has 2 aromatic carbocycles. The number of methoxy groups -OCH3 is 1. The summed E-state index contributed by atoms with van der Waals surface area (Å²) in [7, 11) is 1.60. The number of ether oxygens (including phenoxy) is 1. The molecule has 2 heterocycles. The van der Waals surface area contributed by atoms with E-state index in [-0.39, 0.29) is 5.76 Å². The first-order valence-corrected chi connectivity index (χ1v) is 11.3. The molecule has 0 saturated heterocycles. The molecule has 0 aliphatic carbocycles. The van der Waals surface area contributed by atoms with Crippen molar-refractivity contribution in [3.8, 4) is 16.9 Å².